The lowest BCUT2D eigenvalue weighted by Gasteiger charge is -2.24. The maximum atomic E-state index is 13.4. The Kier molecular flexibility index (Phi) is 5.23. The van der Waals surface area contributed by atoms with Crippen molar-refractivity contribution in [2.75, 3.05) is 19.7 Å². The molecule has 144 valence electrons. The number of aliphatic hydroxyl groups excluding tert-OH is 1. The van der Waals surface area contributed by atoms with Crippen LogP contribution in [0.15, 0.2) is 42.9 Å². The molecule has 28 heavy (non-hydrogen) atoms. The lowest BCUT2D eigenvalue weighted by atomic mass is 9.89. The highest BCUT2D eigenvalue weighted by Gasteiger charge is 2.30. The first kappa shape index (κ1) is 18.4. The molecule has 1 aliphatic rings. The van der Waals surface area contributed by atoms with E-state index in [1.807, 2.05) is 0 Å². The Morgan fingerprint density at radius 2 is 1.96 bits per heavy atom. The largest absolute Gasteiger partial charge is 0.386 e. The van der Waals surface area contributed by atoms with E-state index in [0.717, 1.165) is 37.2 Å². The van der Waals surface area contributed by atoms with Gasteiger partial charge in [0, 0.05) is 17.7 Å². The zero-order valence-electron chi connectivity index (χ0n) is 15.2. The van der Waals surface area contributed by atoms with Gasteiger partial charge in [-0.05, 0) is 56.3 Å². The van der Waals surface area contributed by atoms with Crippen molar-refractivity contribution in [3.63, 3.8) is 0 Å². The summed E-state index contributed by atoms with van der Waals surface area (Å²) >= 11 is 0. The minimum atomic E-state index is -0.647. The first-order valence-corrected chi connectivity index (χ1v) is 9.19. The summed E-state index contributed by atoms with van der Waals surface area (Å²) in [7, 11) is 0. The molecular weight excluding hydrogens is 361 g/mol. The van der Waals surface area contributed by atoms with Crippen LogP contribution < -0.4 is 5.32 Å². The molecule has 1 aliphatic heterocycles. The predicted octanol–water partition coefficient (Wildman–Crippen LogP) is 2.25. The number of carbonyl (C=O) groups excluding carboxylic acids is 1. The fourth-order valence-electron chi connectivity index (χ4n) is 3.66. The Morgan fingerprint density at radius 1 is 1.21 bits per heavy atom. The van der Waals surface area contributed by atoms with Crippen LogP contribution in [0.1, 0.15) is 29.2 Å². The molecule has 0 spiro atoms. The number of nitrogens with zero attached hydrogens (tertiary/aromatic N) is 4. The molecular formula is C20H20FN5O2. The lowest BCUT2D eigenvalue weighted by molar-refractivity contribution is 0.0795. The summed E-state index contributed by atoms with van der Waals surface area (Å²) < 4.78 is 14.7. The Hall–Kier alpha value is -2.97. The average Bonchev–Trinajstić information content (AvgIpc) is 3.15. The smallest absolute Gasteiger partial charge is 0.272 e. The summed E-state index contributed by atoms with van der Waals surface area (Å²) in [5.74, 6) is -0.766. The number of halogens is 1. The van der Waals surface area contributed by atoms with E-state index in [1.165, 1.54) is 23.1 Å². The van der Waals surface area contributed by atoms with Gasteiger partial charge in [-0.25, -0.2) is 19.0 Å². The number of aliphatic hydroxyl groups is 1. The van der Waals surface area contributed by atoms with Crippen molar-refractivity contribution in [3.05, 3.63) is 54.4 Å². The van der Waals surface area contributed by atoms with E-state index in [1.54, 1.807) is 24.4 Å². The molecule has 8 heteroatoms. The maximum absolute atomic E-state index is 13.4. The minimum Gasteiger partial charge on any atom is -0.386 e. The van der Waals surface area contributed by atoms with Gasteiger partial charge in [0.1, 0.15) is 24.4 Å². The molecule has 0 saturated carbocycles. The van der Waals surface area contributed by atoms with Crippen LogP contribution in [0, 0.1) is 5.82 Å². The summed E-state index contributed by atoms with van der Waals surface area (Å²) in [4.78, 5) is 20.9. The van der Waals surface area contributed by atoms with Crippen LogP contribution in [-0.2, 0) is 0 Å². The second kappa shape index (κ2) is 7.95. The number of rotatable bonds is 4. The maximum Gasteiger partial charge on any atom is 0.272 e. The van der Waals surface area contributed by atoms with Gasteiger partial charge >= 0.3 is 0 Å². The molecule has 1 saturated heterocycles. The third-order valence-corrected chi connectivity index (χ3v) is 4.97. The molecule has 7 nitrogen and oxygen atoms in total. The minimum absolute atomic E-state index is 0.0865. The molecule has 3 aromatic rings. The van der Waals surface area contributed by atoms with Crippen LogP contribution in [0.5, 0.6) is 0 Å². The first-order chi connectivity index (χ1) is 13.7. The van der Waals surface area contributed by atoms with Crippen molar-refractivity contribution in [3.8, 4) is 22.5 Å². The zero-order chi connectivity index (χ0) is 19.5. The summed E-state index contributed by atoms with van der Waals surface area (Å²) in [5, 5.41) is 17.3. The SMILES string of the molecule is O=C(CO)n1nc(-c2ccc(F)cc2)c(-c2ccncn2)c1C1CCNCC1. The van der Waals surface area contributed by atoms with Gasteiger partial charge in [0.25, 0.3) is 5.91 Å². The summed E-state index contributed by atoms with van der Waals surface area (Å²) in [5.41, 5.74) is 3.31. The molecule has 2 N–H and O–H groups in total. The number of nitrogens with one attached hydrogen (secondary N) is 1. The van der Waals surface area contributed by atoms with Gasteiger partial charge in [-0.1, -0.05) is 0 Å². The van der Waals surface area contributed by atoms with E-state index in [-0.39, 0.29) is 11.7 Å². The summed E-state index contributed by atoms with van der Waals surface area (Å²) in [6.45, 7) is 1.02. The van der Waals surface area contributed by atoms with Crippen molar-refractivity contribution in [2.45, 2.75) is 18.8 Å². The first-order valence-electron chi connectivity index (χ1n) is 9.19. The standard InChI is InChI=1S/C20H20FN5O2/c21-15-3-1-13(2-4-15)19-18(16-7-10-23-12-24-16)20(14-5-8-22-9-6-14)26(25-19)17(28)11-27/h1-4,7,10,12,14,22,27H,5-6,8-9,11H2. The van der Waals surface area contributed by atoms with Crippen molar-refractivity contribution in [1.82, 2.24) is 25.1 Å². The van der Waals surface area contributed by atoms with Crippen molar-refractivity contribution in [2.24, 2.45) is 0 Å². The van der Waals surface area contributed by atoms with Crippen molar-refractivity contribution >= 4 is 5.91 Å². The number of hydrogen-bond acceptors (Lipinski definition) is 6. The Morgan fingerprint density at radius 3 is 2.61 bits per heavy atom. The summed E-state index contributed by atoms with van der Waals surface area (Å²) in [6, 6.07) is 7.74. The van der Waals surface area contributed by atoms with Crippen LogP contribution in [-0.4, -0.2) is 50.5 Å². The number of carbonyl (C=O) groups is 1. The van der Waals surface area contributed by atoms with Crippen LogP contribution in [0.4, 0.5) is 4.39 Å². The number of piperidine rings is 1. The zero-order valence-corrected chi connectivity index (χ0v) is 15.2. The monoisotopic (exact) mass is 381 g/mol. The molecule has 0 amide bonds. The van der Waals surface area contributed by atoms with Gasteiger partial charge in [-0.3, -0.25) is 4.79 Å². The normalized spacial score (nSPS) is 14.9. The van der Waals surface area contributed by atoms with E-state index >= 15 is 0 Å². The third kappa shape index (κ3) is 3.44. The molecule has 0 atom stereocenters. The quantitative estimate of drug-likeness (QED) is 0.720. The highest BCUT2D eigenvalue weighted by atomic mass is 19.1. The number of aromatic nitrogens is 4. The molecule has 4 rings (SSSR count). The number of benzene rings is 1. The van der Waals surface area contributed by atoms with Crippen LogP contribution in [0.3, 0.4) is 0 Å². The second-order valence-electron chi connectivity index (χ2n) is 6.70. The molecule has 0 unspecified atom stereocenters. The van der Waals surface area contributed by atoms with Gasteiger partial charge in [-0.2, -0.15) is 5.10 Å². The van der Waals surface area contributed by atoms with Crippen molar-refractivity contribution < 1.29 is 14.3 Å². The van der Waals surface area contributed by atoms with Gasteiger partial charge < -0.3 is 10.4 Å². The summed E-state index contributed by atoms with van der Waals surface area (Å²) in [6.07, 6.45) is 4.76. The lowest BCUT2D eigenvalue weighted by Crippen LogP contribution is -2.29. The third-order valence-electron chi connectivity index (χ3n) is 4.97. The molecule has 2 aromatic heterocycles. The highest BCUT2D eigenvalue weighted by Crippen LogP contribution is 2.39. The fourth-order valence-corrected chi connectivity index (χ4v) is 3.66. The molecule has 0 aliphatic carbocycles. The van der Waals surface area contributed by atoms with E-state index in [0.29, 0.717) is 17.0 Å². The Bertz CT molecular complexity index is 966. The molecule has 1 fully saturated rings. The Balaban J connectivity index is 1.98. The van der Waals surface area contributed by atoms with Gasteiger partial charge in [-0.15, -0.1) is 0 Å². The van der Waals surface area contributed by atoms with Gasteiger partial charge in [0.05, 0.1) is 17.0 Å². The second-order valence-corrected chi connectivity index (χ2v) is 6.70. The van der Waals surface area contributed by atoms with Crippen LogP contribution in [0.25, 0.3) is 22.5 Å². The molecule has 1 aromatic carbocycles. The predicted molar refractivity (Wildman–Crippen MR) is 101 cm³/mol. The Labute approximate surface area is 161 Å². The molecule has 0 bridgehead atoms. The molecule has 0 radical (unpaired) electrons. The van der Waals surface area contributed by atoms with Crippen LogP contribution in [0.2, 0.25) is 0 Å². The van der Waals surface area contributed by atoms with E-state index in [9.17, 15) is 14.3 Å². The van der Waals surface area contributed by atoms with Gasteiger partial charge in [0.2, 0.25) is 0 Å². The van der Waals surface area contributed by atoms with Crippen LogP contribution >= 0.6 is 0 Å². The van der Waals surface area contributed by atoms with E-state index < -0.39 is 12.5 Å². The topological polar surface area (TPSA) is 92.9 Å². The highest BCUT2D eigenvalue weighted by molar-refractivity contribution is 5.88. The van der Waals surface area contributed by atoms with Gasteiger partial charge in [0.15, 0.2) is 0 Å². The van der Waals surface area contributed by atoms with E-state index in [4.69, 9.17) is 0 Å². The van der Waals surface area contributed by atoms with E-state index in [2.05, 4.69) is 20.4 Å². The van der Waals surface area contributed by atoms with Crippen molar-refractivity contribution in [1.29, 1.82) is 0 Å². The molecule has 3 heterocycles. The average molecular weight is 381 g/mol. The number of hydrogen-bond donors (Lipinski definition) is 2. The fraction of sp³-hybridized carbons (Fsp3) is 0.300.